The molecule has 5 N–H and O–H groups in total. The SMILES string of the molecule is CNC(=O)[C@@]1(N)CCCN(c2cnc(-c3cccc(F)c3)cc2Cn2cnc3c(N)ncnc32)C1. The number of hydrogen-bond acceptors (Lipinski definition) is 8. The van der Waals surface area contributed by atoms with E-state index in [1.165, 1.54) is 18.5 Å². The third-order valence-electron chi connectivity index (χ3n) is 6.40. The molecule has 0 aliphatic carbocycles. The zero-order valence-electron chi connectivity index (χ0n) is 19.3. The van der Waals surface area contributed by atoms with Gasteiger partial charge in [-0.05, 0) is 36.6 Å². The molecule has 4 aromatic rings. The van der Waals surface area contributed by atoms with Crippen LogP contribution in [0.2, 0.25) is 0 Å². The highest BCUT2D eigenvalue weighted by atomic mass is 19.1. The molecule has 180 valence electrons. The molecule has 1 aromatic carbocycles. The van der Waals surface area contributed by atoms with E-state index < -0.39 is 5.54 Å². The van der Waals surface area contributed by atoms with Crippen molar-refractivity contribution in [3.05, 3.63) is 60.6 Å². The average molecular weight is 476 g/mol. The predicted molar refractivity (Wildman–Crippen MR) is 131 cm³/mol. The topological polar surface area (TPSA) is 141 Å². The third kappa shape index (κ3) is 4.26. The molecule has 0 radical (unpaired) electrons. The van der Waals surface area contributed by atoms with Gasteiger partial charge in [0.2, 0.25) is 5.91 Å². The largest absolute Gasteiger partial charge is 0.382 e. The lowest BCUT2D eigenvalue weighted by Gasteiger charge is -2.40. The number of nitrogens with zero attached hydrogens (tertiary/aromatic N) is 6. The van der Waals surface area contributed by atoms with Gasteiger partial charge >= 0.3 is 0 Å². The van der Waals surface area contributed by atoms with Gasteiger partial charge in [-0.25, -0.2) is 19.3 Å². The first-order valence-electron chi connectivity index (χ1n) is 11.3. The summed E-state index contributed by atoms with van der Waals surface area (Å²) in [7, 11) is 1.59. The lowest BCUT2D eigenvalue weighted by atomic mass is 9.88. The fourth-order valence-electron chi connectivity index (χ4n) is 4.63. The number of piperidine rings is 1. The van der Waals surface area contributed by atoms with E-state index in [1.807, 2.05) is 16.7 Å². The van der Waals surface area contributed by atoms with Gasteiger partial charge in [0.25, 0.3) is 0 Å². The molecule has 1 fully saturated rings. The minimum absolute atomic E-state index is 0.194. The number of nitrogens with one attached hydrogen (secondary N) is 1. The summed E-state index contributed by atoms with van der Waals surface area (Å²) in [6.45, 7) is 1.48. The maximum atomic E-state index is 13.9. The fourth-order valence-corrected chi connectivity index (χ4v) is 4.63. The van der Waals surface area contributed by atoms with Crippen molar-refractivity contribution in [3.63, 3.8) is 0 Å². The number of imidazole rings is 1. The molecule has 3 aromatic heterocycles. The Morgan fingerprint density at radius 3 is 2.89 bits per heavy atom. The van der Waals surface area contributed by atoms with E-state index in [4.69, 9.17) is 11.5 Å². The number of hydrogen-bond donors (Lipinski definition) is 3. The first-order chi connectivity index (χ1) is 16.9. The highest BCUT2D eigenvalue weighted by Crippen LogP contribution is 2.31. The van der Waals surface area contributed by atoms with Crippen molar-refractivity contribution in [3.8, 4) is 11.3 Å². The van der Waals surface area contributed by atoms with Gasteiger partial charge in [0.05, 0.1) is 30.5 Å². The van der Waals surface area contributed by atoms with E-state index >= 15 is 0 Å². The molecule has 1 aliphatic heterocycles. The number of aromatic nitrogens is 5. The Kier molecular flexibility index (Phi) is 5.77. The van der Waals surface area contributed by atoms with Gasteiger partial charge in [0.1, 0.15) is 23.2 Å². The number of rotatable bonds is 5. The fraction of sp³-hybridized carbons (Fsp3) is 0.292. The van der Waals surface area contributed by atoms with Crippen LogP contribution in [0.25, 0.3) is 22.4 Å². The monoisotopic (exact) mass is 475 g/mol. The molecule has 10 nitrogen and oxygen atoms in total. The van der Waals surface area contributed by atoms with Gasteiger partial charge in [-0.15, -0.1) is 0 Å². The van der Waals surface area contributed by atoms with Crippen molar-refractivity contribution >= 4 is 28.6 Å². The Morgan fingerprint density at radius 1 is 1.23 bits per heavy atom. The van der Waals surface area contributed by atoms with Crippen LogP contribution in [0.5, 0.6) is 0 Å². The molecule has 0 bridgehead atoms. The van der Waals surface area contributed by atoms with E-state index in [2.05, 4.69) is 30.2 Å². The van der Waals surface area contributed by atoms with Crippen molar-refractivity contribution < 1.29 is 9.18 Å². The van der Waals surface area contributed by atoms with Crippen molar-refractivity contribution in [2.24, 2.45) is 5.73 Å². The number of fused-ring (bicyclic) bond motifs is 1. The number of nitrogen functional groups attached to an aromatic ring is 1. The number of benzene rings is 1. The molecule has 35 heavy (non-hydrogen) atoms. The van der Waals surface area contributed by atoms with E-state index in [-0.39, 0.29) is 11.7 Å². The van der Waals surface area contributed by atoms with Crippen molar-refractivity contribution in [1.82, 2.24) is 29.8 Å². The zero-order valence-corrected chi connectivity index (χ0v) is 19.3. The number of nitrogens with two attached hydrogens (primary N) is 2. The average Bonchev–Trinajstić information content (AvgIpc) is 3.27. The second-order valence-corrected chi connectivity index (χ2v) is 8.77. The Bertz CT molecular complexity index is 1410. The maximum Gasteiger partial charge on any atom is 0.241 e. The highest BCUT2D eigenvalue weighted by molar-refractivity contribution is 5.87. The van der Waals surface area contributed by atoms with Crippen LogP contribution in [0.1, 0.15) is 18.4 Å². The van der Waals surface area contributed by atoms with Gasteiger partial charge in [0, 0.05) is 25.7 Å². The van der Waals surface area contributed by atoms with E-state index in [0.29, 0.717) is 47.7 Å². The van der Waals surface area contributed by atoms with E-state index in [1.54, 1.807) is 25.6 Å². The van der Waals surface area contributed by atoms with Crippen LogP contribution in [0, 0.1) is 5.82 Å². The molecule has 11 heteroatoms. The summed E-state index contributed by atoms with van der Waals surface area (Å²) in [6.07, 6.45) is 6.17. The Labute approximate surface area is 201 Å². The van der Waals surface area contributed by atoms with Gasteiger partial charge in [-0.1, -0.05) is 12.1 Å². The van der Waals surface area contributed by atoms with Gasteiger partial charge in [0.15, 0.2) is 11.5 Å². The summed E-state index contributed by atoms with van der Waals surface area (Å²) in [5.74, 6) is -0.225. The van der Waals surface area contributed by atoms with Crippen LogP contribution >= 0.6 is 0 Å². The van der Waals surface area contributed by atoms with Crippen LogP contribution in [-0.2, 0) is 11.3 Å². The number of amides is 1. The third-order valence-corrected chi connectivity index (χ3v) is 6.40. The van der Waals surface area contributed by atoms with Crippen LogP contribution in [0.3, 0.4) is 0 Å². The predicted octanol–water partition coefficient (Wildman–Crippen LogP) is 1.70. The van der Waals surface area contributed by atoms with Crippen molar-refractivity contribution in [2.45, 2.75) is 24.9 Å². The second-order valence-electron chi connectivity index (χ2n) is 8.77. The molecule has 4 heterocycles. The molecule has 0 spiro atoms. The molecule has 1 amide bonds. The Morgan fingerprint density at radius 2 is 2.09 bits per heavy atom. The number of anilines is 2. The lowest BCUT2D eigenvalue weighted by molar-refractivity contribution is -0.126. The van der Waals surface area contributed by atoms with Gasteiger partial charge in [-0.2, -0.15) is 0 Å². The summed E-state index contributed by atoms with van der Waals surface area (Å²) < 4.78 is 15.8. The Hall–Kier alpha value is -4.12. The minimum Gasteiger partial charge on any atom is -0.382 e. The highest BCUT2D eigenvalue weighted by Gasteiger charge is 2.38. The second kappa shape index (κ2) is 8.91. The molecule has 1 saturated heterocycles. The van der Waals surface area contributed by atoms with Crippen molar-refractivity contribution in [1.29, 1.82) is 0 Å². The minimum atomic E-state index is -1.01. The van der Waals surface area contributed by atoms with Crippen LogP contribution in [-0.4, -0.2) is 56.1 Å². The summed E-state index contributed by atoms with van der Waals surface area (Å²) in [5.41, 5.74) is 15.6. The van der Waals surface area contributed by atoms with E-state index in [0.717, 1.165) is 24.2 Å². The van der Waals surface area contributed by atoms with Gasteiger partial charge < -0.3 is 26.3 Å². The molecule has 1 atom stereocenters. The zero-order chi connectivity index (χ0) is 24.6. The summed E-state index contributed by atoms with van der Waals surface area (Å²) in [6, 6.07) is 8.23. The number of carbonyl (C=O) groups excluding carboxylic acids is 1. The molecule has 0 saturated carbocycles. The van der Waals surface area contributed by atoms with Crippen LogP contribution in [0.4, 0.5) is 15.9 Å². The summed E-state index contributed by atoms with van der Waals surface area (Å²) in [5, 5.41) is 2.68. The van der Waals surface area contributed by atoms with E-state index in [9.17, 15) is 9.18 Å². The maximum absolute atomic E-state index is 13.9. The first kappa shape index (κ1) is 22.7. The number of likely N-dealkylation sites (N-methyl/N-ethyl adjacent to an activating group) is 1. The van der Waals surface area contributed by atoms with Crippen LogP contribution in [0.15, 0.2) is 49.2 Å². The van der Waals surface area contributed by atoms with Crippen molar-refractivity contribution in [2.75, 3.05) is 30.8 Å². The molecular weight excluding hydrogens is 449 g/mol. The molecule has 0 unspecified atom stereocenters. The smallest absolute Gasteiger partial charge is 0.241 e. The Balaban J connectivity index is 1.58. The summed E-state index contributed by atoms with van der Waals surface area (Å²) in [4.78, 5) is 31.9. The normalized spacial score (nSPS) is 18.1. The quantitative estimate of drug-likeness (QED) is 0.396. The molecular formula is C24H26FN9O. The number of carbonyl (C=O) groups is 1. The van der Waals surface area contributed by atoms with Crippen LogP contribution < -0.4 is 21.7 Å². The molecule has 5 rings (SSSR count). The standard InChI is InChI=1S/C24H26FN9O/c1-28-23(35)24(27)6-3-7-33(12-24)19-10-29-18(15-4-2-5-17(25)8-15)9-16(19)11-34-14-32-20-21(26)30-13-31-22(20)34/h2,4-5,8-10,13-14H,3,6-7,11-12,27H2,1H3,(H,28,35)(H2,26,30,31)/t24-/m1/s1. The van der Waals surface area contributed by atoms with Gasteiger partial charge in [-0.3, -0.25) is 9.78 Å². The lowest BCUT2D eigenvalue weighted by Crippen LogP contribution is -2.62. The summed E-state index contributed by atoms with van der Waals surface area (Å²) >= 11 is 0. The number of pyridine rings is 1. The first-order valence-corrected chi connectivity index (χ1v) is 11.3. The number of halogens is 1. The molecule has 1 aliphatic rings.